The van der Waals surface area contributed by atoms with Gasteiger partial charge in [0.1, 0.15) is 11.5 Å². The number of halogens is 1. The maximum atomic E-state index is 4.73. The van der Waals surface area contributed by atoms with Crippen molar-refractivity contribution >= 4 is 21.7 Å². The first-order valence-corrected chi connectivity index (χ1v) is 8.21. The summed E-state index contributed by atoms with van der Waals surface area (Å²) in [6, 6.07) is 1.96. The summed E-state index contributed by atoms with van der Waals surface area (Å²) in [6.45, 7) is 10.2. The second-order valence-electron chi connectivity index (χ2n) is 5.21. The van der Waals surface area contributed by atoms with Crippen LogP contribution in [0.4, 0.5) is 5.82 Å². The van der Waals surface area contributed by atoms with Gasteiger partial charge >= 0.3 is 0 Å². The van der Waals surface area contributed by atoms with Gasteiger partial charge in [-0.3, -0.25) is 4.68 Å². The molecule has 2 aromatic heterocycles. The van der Waals surface area contributed by atoms with E-state index in [1.807, 2.05) is 10.7 Å². The molecule has 114 valence electrons. The van der Waals surface area contributed by atoms with E-state index < -0.39 is 0 Å². The lowest BCUT2D eigenvalue weighted by Gasteiger charge is -2.15. The van der Waals surface area contributed by atoms with Gasteiger partial charge < -0.3 is 5.32 Å². The maximum Gasteiger partial charge on any atom is 0.180 e. The minimum Gasteiger partial charge on any atom is -0.369 e. The average Bonchev–Trinajstić information content (AvgIpc) is 2.94. The Balaban J connectivity index is 2.53. The Morgan fingerprint density at radius 2 is 2.05 bits per heavy atom. The van der Waals surface area contributed by atoms with Crippen LogP contribution in [0.5, 0.6) is 0 Å². The van der Waals surface area contributed by atoms with Crippen molar-refractivity contribution < 1.29 is 0 Å². The Morgan fingerprint density at radius 1 is 1.29 bits per heavy atom. The van der Waals surface area contributed by atoms with E-state index in [0.29, 0.717) is 5.92 Å². The molecule has 1 N–H and O–H groups in total. The molecule has 21 heavy (non-hydrogen) atoms. The quantitative estimate of drug-likeness (QED) is 0.852. The lowest BCUT2D eigenvalue weighted by atomic mass is 10.1. The van der Waals surface area contributed by atoms with E-state index in [1.165, 1.54) is 0 Å². The molecular formula is C15H22BrN5. The van der Waals surface area contributed by atoms with Crippen LogP contribution in [-0.2, 0) is 6.54 Å². The minimum absolute atomic E-state index is 0.321. The number of hydrogen-bond donors (Lipinski definition) is 1. The van der Waals surface area contributed by atoms with Crippen LogP contribution in [0.25, 0.3) is 11.5 Å². The van der Waals surface area contributed by atoms with Crippen LogP contribution in [0.3, 0.4) is 0 Å². The minimum atomic E-state index is 0.321. The number of nitrogens with zero attached hydrogens (tertiary/aromatic N) is 4. The number of rotatable bonds is 6. The fraction of sp³-hybridized carbons (Fsp3) is 0.533. The lowest BCUT2D eigenvalue weighted by molar-refractivity contribution is 0.662. The molecule has 0 aliphatic rings. The first kappa shape index (κ1) is 15.9. The van der Waals surface area contributed by atoms with Gasteiger partial charge in [0.15, 0.2) is 5.82 Å². The van der Waals surface area contributed by atoms with Gasteiger partial charge in [0.25, 0.3) is 0 Å². The van der Waals surface area contributed by atoms with Gasteiger partial charge in [-0.1, -0.05) is 20.8 Å². The van der Waals surface area contributed by atoms with E-state index >= 15 is 0 Å². The Morgan fingerprint density at radius 3 is 2.67 bits per heavy atom. The molecule has 0 atom stereocenters. The van der Waals surface area contributed by atoms with Gasteiger partial charge in [0.05, 0.1) is 10.2 Å². The largest absolute Gasteiger partial charge is 0.369 e. The summed E-state index contributed by atoms with van der Waals surface area (Å²) >= 11 is 3.64. The molecule has 2 aromatic rings. The van der Waals surface area contributed by atoms with Gasteiger partial charge in [0.2, 0.25) is 0 Å². The van der Waals surface area contributed by atoms with Gasteiger partial charge in [0, 0.05) is 19.3 Å². The van der Waals surface area contributed by atoms with Crippen molar-refractivity contribution in [1.29, 1.82) is 0 Å². The molecule has 2 heterocycles. The zero-order valence-corrected chi connectivity index (χ0v) is 14.6. The van der Waals surface area contributed by atoms with Crippen LogP contribution in [0, 0.1) is 0 Å². The van der Waals surface area contributed by atoms with Crippen LogP contribution in [-0.4, -0.2) is 26.3 Å². The van der Waals surface area contributed by atoms with Crippen molar-refractivity contribution in [2.75, 3.05) is 11.9 Å². The van der Waals surface area contributed by atoms with Crippen LogP contribution >= 0.6 is 15.9 Å². The molecule has 0 saturated carbocycles. The normalized spacial score (nSPS) is 11.1. The highest BCUT2D eigenvalue weighted by molar-refractivity contribution is 9.10. The SMILES string of the molecule is CCCNc1nc(-c2ccnn2CC)nc(C(C)C)c1Br. The van der Waals surface area contributed by atoms with Crippen LogP contribution in [0.1, 0.15) is 45.7 Å². The van der Waals surface area contributed by atoms with E-state index in [9.17, 15) is 0 Å². The number of hydrogen-bond acceptors (Lipinski definition) is 4. The molecule has 6 heteroatoms. The Hall–Kier alpha value is -1.43. The molecule has 5 nitrogen and oxygen atoms in total. The highest BCUT2D eigenvalue weighted by atomic mass is 79.9. The molecule has 0 saturated heterocycles. The summed E-state index contributed by atoms with van der Waals surface area (Å²) in [4.78, 5) is 9.41. The predicted octanol–water partition coefficient (Wildman–Crippen LogP) is 4.07. The Bertz CT molecular complexity index is 606. The smallest absolute Gasteiger partial charge is 0.180 e. The third kappa shape index (κ3) is 3.43. The zero-order valence-electron chi connectivity index (χ0n) is 13.0. The molecule has 0 aliphatic carbocycles. The number of aryl methyl sites for hydroxylation is 1. The number of anilines is 1. The van der Waals surface area contributed by atoms with Gasteiger partial charge in [-0.25, -0.2) is 9.97 Å². The number of nitrogens with one attached hydrogen (secondary N) is 1. The van der Waals surface area contributed by atoms with Crippen LogP contribution < -0.4 is 5.32 Å². The molecule has 0 fully saturated rings. The van der Waals surface area contributed by atoms with Crippen molar-refractivity contribution in [3.63, 3.8) is 0 Å². The molecule has 0 radical (unpaired) electrons. The topological polar surface area (TPSA) is 55.6 Å². The first-order valence-electron chi connectivity index (χ1n) is 7.41. The summed E-state index contributed by atoms with van der Waals surface area (Å²) in [5.74, 6) is 1.90. The van der Waals surface area contributed by atoms with Crippen molar-refractivity contribution in [1.82, 2.24) is 19.7 Å². The molecule has 0 unspecified atom stereocenters. The van der Waals surface area contributed by atoms with Crippen molar-refractivity contribution in [2.24, 2.45) is 0 Å². The van der Waals surface area contributed by atoms with E-state index in [2.05, 4.69) is 59.0 Å². The number of aromatic nitrogens is 4. The van der Waals surface area contributed by atoms with Crippen molar-refractivity contribution in [3.8, 4) is 11.5 Å². The summed E-state index contributed by atoms with van der Waals surface area (Å²) in [7, 11) is 0. The second kappa shape index (κ2) is 7.02. The van der Waals surface area contributed by atoms with E-state index in [-0.39, 0.29) is 0 Å². The van der Waals surface area contributed by atoms with Crippen molar-refractivity contribution in [3.05, 3.63) is 22.4 Å². The first-order chi connectivity index (χ1) is 10.1. The highest BCUT2D eigenvalue weighted by Gasteiger charge is 2.17. The van der Waals surface area contributed by atoms with Gasteiger partial charge in [-0.2, -0.15) is 5.10 Å². The van der Waals surface area contributed by atoms with E-state index in [4.69, 9.17) is 4.98 Å². The fourth-order valence-electron chi connectivity index (χ4n) is 2.10. The van der Waals surface area contributed by atoms with Gasteiger partial charge in [-0.05, 0) is 41.3 Å². The molecule has 0 spiro atoms. The summed E-state index contributed by atoms with van der Waals surface area (Å²) in [6.07, 6.45) is 2.84. The van der Waals surface area contributed by atoms with E-state index in [0.717, 1.165) is 47.0 Å². The monoisotopic (exact) mass is 351 g/mol. The summed E-state index contributed by atoms with van der Waals surface area (Å²) in [5, 5.41) is 7.67. The van der Waals surface area contributed by atoms with Crippen LogP contribution in [0.15, 0.2) is 16.7 Å². The molecule has 0 amide bonds. The Kier molecular flexibility index (Phi) is 5.33. The maximum absolute atomic E-state index is 4.73. The molecule has 0 bridgehead atoms. The zero-order chi connectivity index (χ0) is 15.4. The predicted molar refractivity (Wildman–Crippen MR) is 89.5 cm³/mol. The fourth-order valence-corrected chi connectivity index (χ4v) is 2.87. The van der Waals surface area contributed by atoms with Gasteiger partial charge in [-0.15, -0.1) is 0 Å². The highest BCUT2D eigenvalue weighted by Crippen LogP contribution is 2.31. The average molecular weight is 352 g/mol. The third-order valence-electron chi connectivity index (χ3n) is 3.21. The second-order valence-corrected chi connectivity index (χ2v) is 6.00. The molecule has 2 rings (SSSR count). The van der Waals surface area contributed by atoms with Crippen molar-refractivity contribution in [2.45, 2.75) is 46.6 Å². The summed E-state index contributed by atoms with van der Waals surface area (Å²) in [5.41, 5.74) is 1.97. The standard InChI is InChI=1S/C15H22BrN5/c1-5-8-17-15-12(16)13(10(3)4)19-14(20-15)11-7-9-18-21(11)6-2/h7,9-10H,5-6,8H2,1-4H3,(H,17,19,20). The van der Waals surface area contributed by atoms with E-state index in [1.54, 1.807) is 6.20 Å². The molecule has 0 aliphatic heterocycles. The third-order valence-corrected chi connectivity index (χ3v) is 3.99. The lowest BCUT2D eigenvalue weighted by Crippen LogP contribution is -2.10. The Labute approximate surface area is 134 Å². The van der Waals surface area contributed by atoms with Crippen LogP contribution in [0.2, 0.25) is 0 Å². The summed E-state index contributed by atoms with van der Waals surface area (Å²) < 4.78 is 2.87. The molecule has 0 aromatic carbocycles. The molecular weight excluding hydrogens is 330 g/mol.